The van der Waals surface area contributed by atoms with Crippen molar-refractivity contribution in [3.63, 3.8) is 0 Å². The van der Waals surface area contributed by atoms with Crippen molar-refractivity contribution < 1.29 is 9.59 Å². The Morgan fingerprint density at radius 3 is 2.61 bits per heavy atom. The lowest BCUT2D eigenvalue weighted by molar-refractivity contribution is -0.124. The monoisotopic (exact) mass is 286 g/mol. The average Bonchev–Trinajstić information content (AvgIpc) is 2.27. The molecule has 4 nitrogen and oxygen atoms in total. The molecule has 0 radical (unpaired) electrons. The number of hydrogen-bond acceptors (Lipinski definition) is 2. The van der Waals surface area contributed by atoms with E-state index in [4.69, 9.17) is 28.9 Å². The van der Waals surface area contributed by atoms with Crippen LogP contribution >= 0.6 is 23.2 Å². The first kappa shape index (κ1) is 14.5. The Labute approximate surface area is 115 Å². The van der Waals surface area contributed by atoms with Gasteiger partial charge in [-0.15, -0.1) is 0 Å². The quantitative estimate of drug-likeness (QED) is 0.831. The third kappa shape index (κ3) is 4.39. The first-order valence-corrected chi connectivity index (χ1v) is 5.88. The summed E-state index contributed by atoms with van der Waals surface area (Å²) in [6.07, 6.45) is 2.80. The third-order valence-electron chi connectivity index (χ3n) is 2.16. The van der Waals surface area contributed by atoms with Gasteiger partial charge in [-0.2, -0.15) is 0 Å². The second-order valence-electron chi connectivity index (χ2n) is 3.63. The average molecular weight is 287 g/mol. The Bertz CT molecular complexity index is 501. The van der Waals surface area contributed by atoms with Crippen molar-refractivity contribution in [2.75, 3.05) is 0 Å². The summed E-state index contributed by atoms with van der Waals surface area (Å²) < 4.78 is 0. The maximum atomic E-state index is 11.4. The van der Waals surface area contributed by atoms with Gasteiger partial charge < -0.3 is 11.1 Å². The van der Waals surface area contributed by atoms with Crippen molar-refractivity contribution in [1.29, 1.82) is 0 Å². The Hall–Kier alpha value is -1.52. The number of nitrogens with one attached hydrogen (secondary N) is 1. The number of primary amides is 1. The molecule has 1 aromatic rings. The van der Waals surface area contributed by atoms with E-state index in [1.165, 1.54) is 19.1 Å². The Morgan fingerprint density at radius 2 is 2.06 bits per heavy atom. The molecule has 1 atom stereocenters. The number of carbonyl (C=O) groups is 2. The molecule has 0 bridgehead atoms. The second kappa shape index (κ2) is 6.42. The predicted octanol–water partition coefficient (Wildman–Crippen LogP) is 2.00. The molecule has 0 aliphatic rings. The molecule has 1 aromatic carbocycles. The van der Waals surface area contributed by atoms with Gasteiger partial charge in [0.25, 0.3) is 0 Å². The molecule has 3 N–H and O–H groups in total. The van der Waals surface area contributed by atoms with Gasteiger partial charge in [-0.1, -0.05) is 29.3 Å². The fraction of sp³-hybridized carbons (Fsp3) is 0.167. The molecule has 0 aliphatic heterocycles. The van der Waals surface area contributed by atoms with Crippen LogP contribution in [0.3, 0.4) is 0 Å². The van der Waals surface area contributed by atoms with Crippen molar-refractivity contribution in [3.05, 3.63) is 39.9 Å². The van der Waals surface area contributed by atoms with Gasteiger partial charge >= 0.3 is 0 Å². The molecule has 0 saturated carbocycles. The maximum absolute atomic E-state index is 11.4. The second-order valence-corrected chi connectivity index (χ2v) is 4.48. The number of rotatable bonds is 4. The zero-order valence-electron chi connectivity index (χ0n) is 9.61. The van der Waals surface area contributed by atoms with Gasteiger partial charge in [-0.3, -0.25) is 9.59 Å². The summed E-state index contributed by atoms with van der Waals surface area (Å²) in [7, 11) is 0. The summed E-state index contributed by atoms with van der Waals surface area (Å²) >= 11 is 11.7. The van der Waals surface area contributed by atoms with Gasteiger partial charge in [0, 0.05) is 16.1 Å². The fourth-order valence-electron chi connectivity index (χ4n) is 1.13. The van der Waals surface area contributed by atoms with Crippen molar-refractivity contribution in [3.8, 4) is 0 Å². The van der Waals surface area contributed by atoms with E-state index in [1.54, 1.807) is 18.2 Å². The maximum Gasteiger partial charge on any atom is 0.244 e. The van der Waals surface area contributed by atoms with Gasteiger partial charge in [-0.05, 0) is 30.7 Å². The Balaban J connectivity index is 2.69. The van der Waals surface area contributed by atoms with E-state index < -0.39 is 17.9 Å². The van der Waals surface area contributed by atoms with Crippen LogP contribution in [0.5, 0.6) is 0 Å². The van der Waals surface area contributed by atoms with Crippen LogP contribution in [0, 0.1) is 0 Å². The standard InChI is InChI=1S/C12H12Cl2N2O2/c1-7(12(15)18)16-11(17)5-3-8-2-4-9(13)6-10(8)14/h2-7H,1H3,(H2,15,18)(H,16,17)/b5-3+/t7-/m0/s1. The number of hydrogen-bond donors (Lipinski definition) is 2. The highest BCUT2D eigenvalue weighted by Gasteiger charge is 2.09. The SMILES string of the molecule is C[C@H](NC(=O)/C=C/c1ccc(Cl)cc1Cl)C(N)=O. The van der Waals surface area contributed by atoms with Gasteiger partial charge in [-0.25, -0.2) is 0 Å². The van der Waals surface area contributed by atoms with E-state index in [0.29, 0.717) is 15.6 Å². The summed E-state index contributed by atoms with van der Waals surface area (Å²) in [5.74, 6) is -1.02. The summed E-state index contributed by atoms with van der Waals surface area (Å²) in [4.78, 5) is 22.2. The highest BCUT2D eigenvalue weighted by atomic mass is 35.5. The molecular weight excluding hydrogens is 275 g/mol. The first-order valence-electron chi connectivity index (χ1n) is 5.13. The minimum Gasteiger partial charge on any atom is -0.368 e. The first-order chi connectivity index (χ1) is 8.40. The summed E-state index contributed by atoms with van der Waals surface area (Å²) in [5.41, 5.74) is 5.67. The normalized spacial score (nSPS) is 12.4. The molecule has 0 aliphatic carbocycles. The molecule has 0 saturated heterocycles. The molecule has 0 spiro atoms. The molecule has 18 heavy (non-hydrogen) atoms. The molecule has 96 valence electrons. The lowest BCUT2D eigenvalue weighted by Gasteiger charge is -2.07. The number of amides is 2. The molecular formula is C12H12Cl2N2O2. The minimum absolute atomic E-state index is 0.424. The number of nitrogens with two attached hydrogens (primary N) is 1. The minimum atomic E-state index is -0.720. The Morgan fingerprint density at radius 1 is 1.39 bits per heavy atom. The van der Waals surface area contributed by atoms with Crippen LogP contribution in [0.1, 0.15) is 12.5 Å². The van der Waals surface area contributed by atoms with Gasteiger partial charge in [0.2, 0.25) is 11.8 Å². The molecule has 0 aromatic heterocycles. The summed E-state index contributed by atoms with van der Waals surface area (Å²) in [6.45, 7) is 1.50. The van der Waals surface area contributed by atoms with Crippen molar-refractivity contribution in [2.24, 2.45) is 5.73 Å². The van der Waals surface area contributed by atoms with E-state index in [1.807, 2.05) is 0 Å². The zero-order valence-corrected chi connectivity index (χ0v) is 11.1. The Kier molecular flexibility index (Phi) is 5.19. The summed E-state index contributed by atoms with van der Waals surface area (Å²) in [5, 5.41) is 3.37. The van der Waals surface area contributed by atoms with Crippen LogP contribution in [0.15, 0.2) is 24.3 Å². The predicted molar refractivity (Wildman–Crippen MR) is 72.3 cm³/mol. The van der Waals surface area contributed by atoms with Gasteiger partial charge in [0.1, 0.15) is 6.04 Å². The van der Waals surface area contributed by atoms with Crippen LogP contribution in [0.4, 0.5) is 0 Å². The molecule has 0 unspecified atom stereocenters. The number of carbonyl (C=O) groups excluding carboxylic acids is 2. The third-order valence-corrected chi connectivity index (χ3v) is 2.72. The van der Waals surface area contributed by atoms with Crippen LogP contribution in [0.25, 0.3) is 6.08 Å². The largest absolute Gasteiger partial charge is 0.368 e. The number of benzene rings is 1. The summed E-state index contributed by atoms with van der Waals surface area (Å²) in [6, 6.07) is 4.21. The van der Waals surface area contributed by atoms with Crippen molar-refractivity contribution in [1.82, 2.24) is 5.32 Å². The zero-order chi connectivity index (χ0) is 13.7. The highest BCUT2D eigenvalue weighted by molar-refractivity contribution is 6.35. The lowest BCUT2D eigenvalue weighted by Crippen LogP contribution is -2.41. The lowest BCUT2D eigenvalue weighted by atomic mass is 10.2. The van der Waals surface area contributed by atoms with Crippen molar-refractivity contribution in [2.45, 2.75) is 13.0 Å². The van der Waals surface area contributed by atoms with E-state index >= 15 is 0 Å². The highest BCUT2D eigenvalue weighted by Crippen LogP contribution is 2.21. The molecule has 6 heteroatoms. The molecule has 2 amide bonds. The van der Waals surface area contributed by atoms with E-state index in [2.05, 4.69) is 5.32 Å². The van der Waals surface area contributed by atoms with Crippen LogP contribution in [0.2, 0.25) is 10.0 Å². The molecule has 0 heterocycles. The van der Waals surface area contributed by atoms with E-state index in [-0.39, 0.29) is 0 Å². The van der Waals surface area contributed by atoms with Crippen molar-refractivity contribution >= 4 is 41.1 Å². The smallest absolute Gasteiger partial charge is 0.244 e. The molecule has 1 rings (SSSR count). The fourth-order valence-corrected chi connectivity index (χ4v) is 1.61. The van der Waals surface area contributed by atoms with Crippen LogP contribution < -0.4 is 11.1 Å². The van der Waals surface area contributed by atoms with Gasteiger partial charge in [0.05, 0.1) is 0 Å². The van der Waals surface area contributed by atoms with Crippen LogP contribution in [-0.2, 0) is 9.59 Å². The van der Waals surface area contributed by atoms with Gasteiger partial charge in [0.15, 0.2) is 0 Å². The topological polar surface area (TPSA) is 72.2 Å². The van der Waals surface area contributed by atoms with Crippen LogP contribution in [-0.4, -0.2) is 17.9 Å². The molecule has 0 fully saturated rings. The number of halogens is 2. The van der Waals surface area contributed by atoms with E-state index in [9.17, 15) is 9.59 Å². The van der Waals surface area contributed by atoms with E-state index in [0.717, 1.165) is 0 Å².